The van der Waals surface area contributed by atoms with Crippen LogP contribution in [0.5, 0.6) is 0 Å². The summed E-state index contributed by atoms with van der Waals surface area (Å²) in [5.41, 5.74) is 0.806. The second kappa shape index (κ2) is 5.52. The molecule has 0 N–H and O–H groups in total. The van der Waals surface area contributed by atoms with Gasteiger partial charge in [-0.15, -0.1) is 0 Å². The fraction of sp³-hybridized carbons (Fsp3) is 0.500. The van der Waals surface area contributed by atoms with Crippen LogP contribution in [-0.2, 0) is 9.84 Å². The normalized spacial score (nSPS) is 20.9. The second-order valence-corrected chi connectivity index (χ2v) is 7.34. The molecular formula is C14H18FNO3S. The van der Waals surface area contributed by atoms with E-state index in [1.54, 1.807) is 11.8 Å². The van der Waals surface area contributed by atoms with Crippen LogP contribution >= 0.6 is 0 Å². The average molecular weight is 299 g/mol. The van der Waals surface area contributed by atoms with Crippen LogP contribution in [0.3, 0.4) is 0 Å². The SMILES string of the molecule is CCN(C(=O)c1ccc(F)c(C)c1)C1CCS(=O)(=O)C1. The summed E-state index contributed by atoms with van der Waals surface area (Å²) in [6.45, 7) is 3.86. The quantitative estimate of drug-likeness (QED) is 0.855. The van der Waals surface area contributed by atoms with Crippen LogP contribution in [-0.4, -0.2) is 43.3 Å². The minimum Gasteiger partial charge on any atom is -0.335 e. The Morgan fingerprint density at radius 2 is 2.15 bits per heavy atom. The molecule has 0 bridgehead atoms. The van der Waals surface area contributed by atoms with Crippen molar-refractivity contribution in [3.8, 4) is 0 Å². The zero-order valence-electron chi connectivity index (χ0n) is 11.6. The summed E-state index contributed by atoms with van der Waals surface area (Å²) in [7, 11) is -3.04. The van der Waals surface area contributed by atoms with E-state index in [4.69, 9.17) is 0 Å². The minimum absolute atomic E-state index is 0.0206. The highest BCUT2D eigenvalue weighted by atomic mass is 32.2. The number of sulfone groups is 1. The number of rotatable bonds is 3. The minimum atomic E-state index is -3.04. The van der Waals surface area contributed by atoms with Gasteiger partial charge in [0.1, 0.15) is 5.82 Å². The zero-order valence-corrected chi connectivity index (χ0v) is 12.4. The summed E-state index contributed by atoms with van der Waals surface area (Å²) >= 11 is 0. The molecule has 1 amide bonds. The Labute approximate surface area is 118 Å². The Morgan fingerprint density at radius 3 is 2.65 bits per heavy atom. The molecule has 1 aliphatic heterocycles. The zero-order chi connectivity index (χ0) is 14.9. The molecule has 0 saturated carbocycles. The molecule has 1 fully saturated rings. The molecular weight excluding hydrogens is 281 g/mol. The molecule has 0 spiro atoms. The lowest BCUT2D eigenvalue weighted by Gasteiger charge is -2.27. The topological polar surface area (TPSA) is 54.5 Å². The molecule has 20 heavy (non-hydrogen) atoms. The van der Waals surface area contributed by atoms with Crippen LogP contribution < -0.4 is 0 Å². The highest BCUT2D eigenvalue weighted by Gasteiger charge is 2.34. The molecule has 1 saturated heterocycles. The lowest BCUT2D eigenvalue weighted by Crippen LogP contribution is -2.41. The lowest BCUT2D eigenvalue weighted by molar-refractivity contribution is 0.0708. The third-order valence-electron chi connectivity index (χ3n) is 3.66. The molecule has 1 heterocycles. The molecule has 1 aromatic carbocycles. The van der Waals surface area contributed by atoms with Crippen LogP contribution in [0.15, 0.2) is 18.2 Å². The number of hydrogen-bond acceptors (Lipinski definition) is 3. The van der Waals surface area contributed by atoms with Gasteiger partial charge in [0.2, 0.25) is 0 Å². The Balaban J connectivity index is 2.23. The Bertz CT molecular complexity index is 627. The first-order chi connectivity index (χ1) is 9.34. The van der Waals surface area contributed by atoms with Crippen molar-refractivity contribution in [1.29, 1.82) is 0 Å². The molecule has 0 radical (unpaired) electrons. The summed E-state index contributed by atoms with van der Waals surface area (Å²) in [6.07, 6.45) is 0.474. The van der Waals surface area contributed by atoms with E-state index >= 15 is 0 Å². The maximum atomic E-state index is 13.2. The van der Waals surface area contributed by atoms with Crippen LogP contribution in [0.2, 0.25) is 0 Å². The molecule has 2 rings (SSSR count). The van der Waals surface area contributed by atoms with E-state index in [9.17, 15) is 17.6 Å². The van der Waals surface area contributed by atoms with E-state index in [-0.39, 0.29) is 29.3 Å². The Hall–Kier alpha value is -1.43. The summed E-state index contributed by atoms with van der Waals surface area (Å²) in [5.74, 6) is -0.442. The first kappa shape index (κ1) is 15.0. The van der Waals surface area contributed by atoms with Gasteiger partial charge in [0.15, 0.2) is 9.84 Å². The molecule has 1 unspecified atom stereocenters. The molecule has 4 nitrogen and oxygen atoms in total. The number of aryl methyl sites for hydroxylation is 1. The molecule has 6 heteroatoms. The van der Waals surface area contributed by atoms with E-state index in [0.717, 1.165) is 0 Å². The van der Waals surface area contributed by atoms with Gasteiger partial charge < -0.3 is 4.90 Å². The summed E-state index contributed by atoms with van der Waals surface area (Å²) in [4.78, 5) is 14.0. The third-order valence-corrected chi connectivity index (χ3v) is 5.41. The number of carbonyl (C=O) groups is 1. The first-order valence-electron chi connectivity index (χ1n) is 6.61. The van der Waals surface area contributed by atoms with Gasteiger partial charge in [-0.2, -0.15) is 0 Å². The van der Waals surface area contributed by atoms with E-state index < -0.39 is 9.84 Å². The van der Waals surface area contributed by atoms with Gasteiger partial charge in [-0.1, -0.05) is 0 Å². The number of nitrogens with zero attached hydrogens (tertiary/aromatic N) is 1. The molecule has 0 aliphatic carbocycles. The van der Waals surface area contributed by atoms with Gasteiger partial charge in [0.25, 0.3) is 5.91 Å². The van der Waals surface area contributed by atoms with Gasteiger partial charge in [-0.3, -0.25) is 4.79 Å². The third kappa shape index (κ3) is 3.00. The van der Waals surface area contributed by atoms with Gasteiger partial charge in [0, 0.05) is 18.2 Å². The van der Waals surface area contributed by atoms with Gasteiger partial charge >= 0.3 is 0 Å². The Kier molecular flexibility index (Phi) is 4.13. The van der Waals surface area contributed by atoms with Crippen molar-refractivity contribution in [2.75, 3.05) is 18.1 Å². The molecule has 1 atom stereocenters. The predicted molar refractivity (Wildman–Crippen MR) is 74.9 cm³/mol. The highest BCUT2D eigenvalue weighted by molar-refractivity contribution is 7.91. The van der Waals surface area contributed by atoms with Crippen LogP contribution in [0.25, 0.3) is 0 Å². The van der Waals surface area contributed by atoms with Gasteiger partial charge in [-0.05, 0) is 44.0 Å². The fourth-order valence-corrected chi connectivity index (χ4v) is 4.26. The van der Waals surface area contributed by atoms with E-state index in [1.165, 1.54) is 18.2 Å². The van der Waals surface area contributed by atoms with Crippen molar-refractivity contribution in [1.82, 2.24) is 4.90 Å². The highest BCUT2D eigenvalue weighted by Crippen LogP contribution is 2.20. The van der Waals surface area contributed by atoms with Gasteiger partial charge in [0.05, 0.1) is 11.5 Å². The smallest absolute Gasteiger partial charge is 0.254 e. The second-order valence-electron chi connectivity index (χ2n) is 5.11. The largest absolute Gasteiger partial charge is 0.335 e. The maximum Gasteiger partial charge on any atom is 0.254 e. The summed E-state index contributed by atoms with van der Waals surface area (Å²) < 4.78 is 36.3. The number of benzene rings is 1. The average Bonchev–Trinajstić information content (AvgIpc) is 2.74. The number of hydrogen-bond donors (Lipinski definition) is 0. The van der Waals surface area contributed by atoms with Crippen molar-refractivity contribution < 1.29 is 17.6 Å². The van der Waals surface area contributed by atoms with Gasteiger partial charge in [-0.25, -0.2) is 12.8 Å². The van der Waals surface area contributed by atoms with Crippen LogP contribution in [0, 0.1) is 12.7 Å². The first-order valence-corrected chi connectivity index (χ1v) is 8.43. The van der Waals surface area contributed by atoms with E-state index in [2.05, 4.69) is 0 Å². The predicted octanol–water partition coefficient (Wildman–Crippen LogP) is 1.78. The number of carbonyl (C=O) groups excluding carboxylic acids is 1. The van der Waals surface area contributed by atoms with E-state index in [1.807, 2.05) is 6.92 Å². The van der Waals surface area contributed by atoms with Crippen molar-refractivity contribution >= 4 is 15.7 Å². The lowest BCUT2D eigenvalue weighted by atomic mass is 10.1. The molecule has 1 aromatic rings. The summed E-state index contributed by atoms with van der Waals surface area (Å²) in [6, 6.07) is 3.94. The van der Waals surface area contributed by atoms with Crippen molar-refractivity contribution in [2.45, 2.75) is 26.3 Å². The molecule has 0 aromatic heterocycles. The van der Waals surface area contributed by atoms with Crippen LogP contribution in [0.1, 0.15) is 29.3 Å². The maximum absolute atomic E-state index is 13.2. The number of halogens is 1. The standard InChI is InChI=1S/C14H18FNO3S/c1-3-16(12-6-7-20(18,19)9-12)14(17)11-4-5-13(15)10(2)8-11/h4-5,8,12H,3,6-7,9H2,1-2H3. The summed E-state index contributed by atoms with van der Waals surface area (Å²) in [5, 5.41) is 0. The number of amides is 1. The monoisotopic (exact) mass is 299 g/mol. The van der Waals surface area contributed by atoms with Crippen molar-refractivity contribution in [3.05, 3.63) is 35.1 Å². The Morgan fingerprint density at radius 1 is 1.45 bits per heavy atom. The van der Waals surface area contributed by atoms with Crippen molar-refractivity contribution in [3.63, 3.8) is 0 Å². The van der Waals surface area contributed by atoms with Crippen molar-refractivity contribution in [2.24, 2.45) is 0 Å². The molecule has 1 aliphatic rings. The van der Waals surface area contributed by atoms with E-state index in [0.29, 0.717) is 24.1 Å². The fourth-order valence-electron chi connectivity index (χ4n) is 2.53. The van der Waals surface area contributed by atoms with Crippen LogP contribution in [0.4, 0.5) is 4.39 Å². The molecule has 110 valence electrons.